The van der Waals surface area contributed by atoms with E-state index in [1.807, 2.05) is 0 Å². The number of fused-ring (bicyclic) bond motifs is 1. The highest BCUT2D eigenvalue weighted by Gasteiger charge is 1.99. The van der Waals surface area contributed by atoms with Gasteiger partial charge in [-0.05, 0) is 29.2 Å². The molecule has 2 radical (unpaired) electrons. The lowest BCUT2D eigenvalue weighted by Gasteiger charge is -2.05. The lowest BCUT2D eigenvalue weighted by atomic mass is 9.99. The van der Waals surface area contributed by atoms with Gasteiger partial charge in [-0.1, -0.05) is 68.7 Å². The summed E-state index contributed by atoms with van der Waals surface area (Å²) in [5.74, 6) is 0. The molecule has 0 N–H and O–H groups in total. The summed E-state index contributed by atoms with van der Waals surface area (Å²) in [5.41, 5.74) is 1.36. The number of hydrogen-bond acceptors (Lipinski definition) is 0. The van der Waals surface area contributed by atoms with E-state index in [4.69, 9.17) is 0 Å². The summed E-state index contributed by atoms with van der Waals surface area (Å²) in [4.78, 5) is 0. The molecule has 2 aromatic carbocycles. The van der Waals surface area contributed by atoms with Crippen LogP contribution in [0.15, 0.2) is 42.5 Å². The van der Waals surface area contributed by atoms with Crippen LogP contribution in [0.4, 0.5) is 0 Å². The van der Waals surface area contributed by atoms with Crippen LogP contribution in [0, 0.1) is 13.3 Å². The molecule has 0 nitrogen and oxygen atoms in total. The Labute approximate surface area is 98.3 Å². The second-order valence-corrected chi connectivity index (χ2v) is 4.12. The normalized spacial score (nSPS) is 10.8. The second kappa shape index (κ2) is 5.69. The summed E-state index contributed by atoms with van der Waals surface area (Å²) in [6, 6.07) is 15.1. The van der Waals surface area contributed by atoms with E-state index < -0.39 is 0 Å². The Balaban J connectivity index is 2.11. The third-order valence-electron chi connectivity index (χ3n) is 2.89. The fraction of sp³-hybridized carbons (Fsp3) is 0.250. The summed E-state index contributed by atoms with van der Waals surface area (Å²) in [6.07, 6.45) is 7.01. The Morgan fingerprint density at radius 2 is 1.75 bits per heavy atom. The van der Waals surface area contributed by atoms with Crippen molar-refractivity contribution in [3.8, 4) is 0 Å². The summed E-state index contributed by atoms with van der Waals surface area (Å²) in [6.45, 7) is 3.87. The minimum atomic E-state index is 1.05. The van der Waals surface area contributed by atoms with Gasteiger partial charge in [-0.15, -0.1) is 0 Å². The third-order valence-corrected chi connectivity index (χ3v) is 2.89. The molecular formula is C16H18. The van der Waals surface area contributed by atoms with Crippen LogP contribution >= 0.6 is 0 Å². The zero-order chi connectivity index (χ0) is 11.2. The fourth-order valence-electron chi connectivity index (χ4n) is 2.01. The van der Waals surface area contributed by atoms with Gasteiger partial charge >= 0.3 is 0 Å². The van der Waals surface area contributed by atoms with Gasteiger partial charge in [-0.3, -0.25) is 0 Å². The number of rotatable bonds is 5. The Bertz CT molecular complexity index is 437. The maximum atomic E-state index is 3.87. The average molecular weight is 210 g/mol. The predicted molar refractivity (Wildman–Crippen MR) is 71.2 cm³/mol. The van der Waals surface area contributed by atoms with Gasteiger partial charge in [0.2, 0.25) is 0 Å². The third kappa shape index (κ3) is 2.63. The van der Waals surface area contributed by atoms with Gasteiger partial charge in [0.15, 0.2) is 0 Å². The van der Waals surface area contributed by atoms with Gasteiger partial charge in [0.05, 0.1) is 0 Å². The van der Waals surface area contributed by atoms with Crippen molar-refractivity contribution in [3.05, 3.63) is 61.4 Å². The van der Waals surface area contributed by atoms with Crippen molar-refractivity contribution in [3.63, 3.8) is 0 Å². The van der Waals surface area contributed by atoms with Gasteiger partial charge < -0.3 is 0 Å². The second-order valence-electron chi connectivity index (χ2n) is 4.12. The van der Waals surface area contributed by atoms with Gasteiger partial charge in [0.1, 0.15) is 0 Å². The Morgan fingerprint density at radius 3 is 2.62 bits per heavy atom. The van der Waals surface area contributed by atoms with E-state index in [1.165, 1.54) is 29.2 Å². The van der Waals surface area contributed by atoms with E-state index in [0.29, 0.717) is 0 Å². The van der Waals surface area contributed by atoms with Crippen molar-refractivity contribution in [2.75, 3.05) is 0 Å². The molecule has 0 saturated carbocycles. The summed E-state index contributed by atoms with van der Waals surface area (Å²) >= 11 is 0. The van der Waals surface area contributed by atoms with Gasteiger partial charge in [0.25, 0.3) is 0 Å². The molecule has 0 aliphatic rings. The van der Waals surface area contributed by atoms with Crippen LogP contribution in [0.5, 0.6) is 0 Å². The minimum absolute atomic E-state index is 1.05. The molecule has 16 heavy (non-hydrogen) atoms. The van der Waals surface area contributed by atoms with Crippen molar-refractivity contribution < 1.29 is 0 Å². The zero-order valence-electron chi connectivity index (χ0n) is 9.65. The summed E-state index contributed by atoms with van der Waals surface area (Å²) in [5, 5.41) is 2.69. The highest BCUT2D eigenvalue weighted by molar-refractivity contribution is 5.86. The lowest BCUT2D eigenvalue weighted by Crippen LogP contribution is -1.85. The van der Waals surface area contributed by atoms with Crippen molar-refractivity contribution in [2.24, 2.45) is 0 Å². The SMILES string of the molecule is [CH2]CCCC[CH]c1cccc2ccccc12. The molecule has 0 heteroatoms. The quantitative estimate of drug-likeness (QED) is 0.623. The highest BCUT2D eigenvalue weighted by atomic mass is 14.0. The van der Waals surface area contributed by atoms with Crippen LogP contribution in [-0.2, 0) is 0 Å². The fourth-order valence-corrected chi connectivity index (χ4v) is 2.01. The Kier molecular flexibility index (Phi) is 3.98. The molecule has 0 fully saturated rings. The van der Waals surface area contributed by atoms with Crippen LogP contribution in [0.2, 0.25) is 0 Å². The topological polar surface area (TPSA) is 0 Å². The van der Waals surface area contributed by atoms with E-state index >= 15 is 0 Å². The number of hydrogen-bond donors (Lipinski definition) is 0. The van der Waals surface area contributed by atoms with Crippen LogP contribution < -0.4 is 0 Å². The molecule has 0 heterocycles. The summed E-state index contributed by atoms with van der Waals surface area (Å²) in [7, 11) is 0. The standard InChI is InChI=1S/C16H18/c1-2-3-4-5-9-14-11-8-12-15-10-6-7-13-16(14)15/h6-13H,1-5H2. The van der Waals surface area contributed by atoms with Crippen molar-refractivity contribution in [2.45, 2.75) is 25.7 Å². The van der Waals surface area contributed by atoms with Gasteiger partial charge in [0, 0.05) is 0 Å². The minimum Gasteiger partial charge on any atom is -0.0616 e. The Morgan fingerprint density at radius 1 is 0.938 bits per heavy atom. The molecule has 0 atom stereocenters. The maximum absolute atomic E-state index is 3.87. The zero-order valence-corrected chi connectivity index (χ0v) is 9.65. The van der Waals surface area contributed by atoms with E-state index in [9.17, 15) is 0 Å². The lowest BCUT2D eigenvalue weighted by molar-refractivity contribution is 0.744. The van der Waals surface area contributed by atoms with Gasteiger partial charge in [-0.25, -0.2) is 0 Å². The molecule has 0 aliphatic carbocycles. The molecule has 2 aromatic rings. The smallest absolute Gasteiger partial charge is 0.00867 e. The van der Waals surface area contributed by atoms with Crippen LogP contribution in [-0.4, -0.2) is 0 Å². The van der Waals surface area contributed by atoms with Crippen molar-refractivity contribution >= 4 is 10.8 Å². The predicted octanol–water partition coefficient (Wildman–Crippen LogP) is 4.79. The van der Waals surface area contributed by atoms with Crippen LogP contribution in [0.3, 0.4) is 0 Å². The molecule has 0 aliphatic heterocycles. The Hall–Kier alpha value is -1.30. The first-order valence-electron chi connectivity index (χ1n) is 6.02. The molecule has 0 amide bonds. The molecule has 0 aromatic heterocycles. The van der Waals surface area contributed by atoms with E-state index in [2.05, 4.69) is 55.8 Å². The summed E-state index contributed by atoms with van der Waals surface area (Å²) < 4.78 is 0. The molecule has 0 unspecified atom stereocenters. The first kappa shape index (κ1) is 11.2. The van der Waals surface area contributed by atoms with Crippen LogP contribution in [0.25, 0.3) is 10.8 Å². The van der Waals surface area contributed by atoms with E-state index in [1.54, 1.807) is 0 Å². The number of benzene rings is 2. The number of unbranched alkanes of at least 4 members (excludes halogenated alkanes) is 3. The first-order valence-corrected chi connectivity index (χ1v) is 6.02. The van der Waals surface area contributed by atoms with Gasteiger partial charge in [-0.2, -0.15) is 0 Å². The first-order chi connectivity index (χ1) is 7.92. The van der Waals surface area contributed by atoms with E-state index in [-0.39, 0.29) is 0 Å². The molecule has 2 rings (SSSR count). The molecule has 0 saturated heterocycles. The average Bonchev–Trinajstić information content (AvgIpc) is 2.35. The molecular weight excluding hydrogens is 192 g/mol. The van der Waals surface area contributed by atoms with Crippen LogP contribution in [0.1, 0.15) is 31.2 Å². The molecule has 0 spiro atoms. The molecule has 82 valence electrons. The van der Waals surface area contributed by atoms with Crippen molar-refractivity contribution in [1.29, 1.82) is 0 Å². The largest absolute Gasteiger partial charge is 0.0616 e. The molecule has 0 bridgehead atoms. The van der Waals surface area contributed by atoms with E-state index in [0.717, 1.165) is 12.8 Å². The van der Waals surface area contributed by atoms with Crippen molar-refractivity contribution in [1.82, 2.24) is 0 Å². The maximum Gasteiger partial charge on any atom is -0.00867 e. The highest BCUT2D eigenvalue weighted by Crippen LogP contribution is 2.21. The monoisotopic (exact) mass is 210 g/mol.